The van der Waals surface area contributed by atoms with Gasteiger partial charge in [-0.25, -0.2) is 0 Å². The van der Waals surface area contributed by atoms with Gasteiger partial charge in [-0.15, -0.1) is 0 Å². The molecule has 0 bridgehead atoms. The second kappa shape index (κ2) is 12.6. The Hall–Kier alpha value is -2.04. The van der Waals surface area contributed by atoms with E-state index < -0.39 is 6.10 Å². The number of hydrogen-bond acceptors (Lipinski definition) is 7. The Morgan fingerprint density at radius 2 is 1.85 bits per heavy atom. The number of fused-ring (bicyclic) bond motifs is 1. The number of amides is 2. The van der Waals surface area contributed by atoms with Crippen LogP contribution in [-0.4, -0.2) is 110 Å². The van der Waals surface area contributed by atoms with Gasteiger partial charge in [-0.1, -0.05) is 18.2 Å². The molecule has 3 fully saturated rings. The Balaban J connectivity index is 1.27. The zero-order chi connectivity index (χ0) is 23.8. The van der Waals surface area contributed by atoms with Gasteiger partial charge in [0, 0.05) is 31.7 Å². The average molecular weight is 476 g/mol. The van der Waals surface area contributed by atoms with E-state index in [1.165, 1.54) is 0 Å². The number of benzene rings is 1. The summed E-state index contributed by atoms with van der Waals surface area (Å²) in [6, 6.07) is 8.92. The van der Waals surface area contributed by atoms with Crippen LogP contribution < -0.4 is 5.32 Å². The van der Waals surface area contributed by atoms with Gasteiger partial charge in [-0.2, -0.15) is 0 Å². The Labute approximate surface area is 201 Å². The third-order valence-corrected chi connectivity index (χ3v) is 6.75. The zero-order valence-corrected chi connectivity index (χ0v) is 19.8. The van der Waals surface area contributed by atoms with Gasteiger partial charge < -0.3 is 29.5 Å². The summed E-state index contributed by atoms with van der Waals surface area (Å²) in [5.41, 5.74) is 0.591. The lowest BCUT2D eigenvalue weighted by Crippen LogP contribution is -2.57. The first-order chi connectivity index (χ1) is 16.6. The number of hydrogen-bond donors (Lipinski definition) is 2. The molecule has 0 unspecified atom stereocenters. The van der Waals surface area contributed by atoms with E-state index in [0.29, 0.717) is 31.4 Å². The molecule has 9 heteroatoms. The number of rotatable bonds is 7. The van der Waals surface area contributed by atoms with Crippen LogP contribution in [0.25, 0.3) is 0 Å². The first-order valence-electron chi connectivity index (χ1n) is 12.4. The lowest BCUT2D eigenvalue weighted by atomic mass is 9.94. The summed E-state index contributed by atoms with van der Waals surface area (Å²) in [6.07, 6.45) is 1.32. The first-order valence-corrected chi connectivity index (χ1v) is 12.4. The maximum Gasteiger partial charge on any atom is 0.254 e. The fraction of sp³-hybridized carbons (Fsp3) is 0.680. The van der Waals surface area contributed by atoms with Gasteiger partial charge >= 0.3 is 0 Å². The number of carbonyl (C=O) groups excluding carboxylic acids is 2. The van der Waals surface area contributed by atoms with Crippen molar-refractivity contribution in [1.29, 1.82) is 0 Å². The minimum Gasteiger partial charge on any atom is -0.389 e. The molecule has 0 radical (unpaired) electrons. The van der Waals surface area contributed by atoms with Crippen LogP contribution in [0.15, 0.2) is 30.3 Å². The van der Waals surface area contributed by atoms with Crippen molar-refractivity contribution >= 4 is 11.8 Å². The monoisotopic (exact) mass is 475 g/mol. The number of carbonyl (C=O) groups is 2. The van der Waals surface area contributed by atoms with Gasteiger partial charge in [-0.05, 0) is 37.9 Å². The highest BCUT2D eigenvalue weighted by Gasteiger charge is 2.40. The van der Waals surface area contributed by atoms with Crippen LogP contribution in [0.3, 0.4) is 0 Å². The topological polar surface area (TPSA) is 101 Å². The molecule has 4 atom stereocenters. The van der Waals surface area contributed by atoms with E-state index in [-0.39, 0.29) is 49.8 Å². The number of aliphatic hydroxyl groups excluding tert-OH is 1. The van der Waals surface area contributed by atoms with Crippen molar-refractivity contribution in [2.75, 3.05) is 59.2 Å². The highest BCUT2D eigenvalue weighted by atomic mass is 16.5. The highest BCUT2D eigenvalue weighted by Crippen LogP contribution is 2.28. The average Bonchev–Trinajstić information content (AvgIpc) is 2.85. The Kier molecular flexibility index (Phi) is 9.29. The van der Waals surface area contributed by atoms with Gasteiger partial charge in [0.05, 0.1) is 51.1 Å². The van der Waals surface area contributed by atoms with Crippen molar-refractivity contribution in [2.24, 2.45) is 0 Å². The van der Waals surface area contributed by atoms with Gasteiger partial charge in [0.15, 0.2) is 0 Å². The molecular formula is C25H37N3O6. The summed E-state index contributed by atoms with van der Waals surface area (Å²) in [4.78, 5) is 29.8. The van der Waals surface area contributed by atoms with E-state index >= 15 is 0 Å². The third-order valence-electron chi connectivity index (χ3n) is 6.75. The first kappa shape index (κ1) is 25.1. The summed E-state index contributed by atoms with van der Waals surface area (Å²) < 4.78 is 17.3. The summed E-state index contributed by atoms with van der Waals surface area (Å²) >= 11 is 0. The minimum atomic E-state index is -0.741. The summed E-state index contributed by atoms with van der Waals surface area (Å²) in [6.45, 7) is 5.72. The van der Waals surface area contributed by atoms with E-state index in [1.807, 2.05) is 18.2 Å². The highest BCUT2D eigenvalue weighted by molar-refractivity contribution is 5.94. The lowest BCUT2D eigenvalue weighted by molar-refractivity contribution is -0.150. The van der Waals surface area contributed by atoms with Crippen LogP contribution in [0, 0.1) is 0 Å². The molecule has 2 amide bonds. The summed E-state index contributed by atoms with van der Waals surface area (Å²) in [5, 5.41) is 13.3. The second-order valence-corrected chi connectivity index (χ2v) is 9.32. The molecular weight excluding hydrogens is 438 g/mol. The third kappa shape index (κ3) is 6.99. The van der Waals surface area contributed by atoms with E-state index in [0.717, 1.165) is 39.3 Å². The number of nitrogens with zero attached hydrogens (tertiary/aromatic N) is 2. The molecule has 2 N–H and O–H groups in total. The van der Waals surface area contributed by atoms with Gasteiger partial charge in [-0.3, -0.25) is 14.5 Å². The summed E-state index contributed by atoms with van der Waals surface area (Å²) in [5.74, 6) is -0.124. The van der Waals surface area contributed by atoms with Crippen LogP contribution in [0.4, 0.5) is 0 Å². The fourth-order valence-electron chi connectivity index (χ4n) is 4.96. The molecule has 4 rings (SSSR count). The molecule has 9 nitrogen and oxygen atoms in total. The number of ether oxygens (including phenoxy) is 3. The van der Waals surface area contributed by atoms with Crippen LogP contribution in [-0.2, 0) is 19.0 Å². The Morgan fingerprint density at radius 3 is 2.65 bits per heavy atom. The number of morpholine rings is 1. The van der Waals surface area contributed by atoms with E-state index in [2.05, 4.69) is 10.2 Å². The van der Waals surface area contributed by atoms with E-state index in [9.17, 15) is 14.7 Å². The number of aliphatic hydroxyl groups is 1. The largest absolute Gasteiger partial charge is 0.389 e. The van der Waals surface area contributed by atoms with Gasteiger partial charge in [0.2, 0.25) is 5.91 Å². The minimum absolute atomic E-state index is 0.00942. The van der Waals surface area contributed by atoms with Crippen molar-refractivity contribution in [2.45, 2.75) is 50.0 Å². The van der Waals surface area contributed by atoms with Crippen molar-refractivity contribution in [3.8, 4) is 0 Å². The van der Waals surface area contributed by atoms with Crippen LogP contribution >= 0.6 is 0 Å². The number of nitrogens with one attached hydrogen (secondary N) is 1. The smallest absolute Gasteiger partial charge is 0.254 e. The molecule has 34 heavy (non-hydrogen) atoms. The quantitative estimate of drug-likeness (QED) is 0.559. The molecule has 3 aliphatic rings. The van der Waals surface area contributed by atoms with Crippen LogP contribution in [0.5, 0.6) is 0 Å². The standard InChI is InChI=1S/C25H37N3O6/c29-20-16-28(25(31)19-5-2-1-3-6-19)22-8-7-21(34-23(22)18-33-17-20)15-24(30)26-9-4-10-27-11-13-32-14-12-27/h1-3,5-6,20-23,29H,4,7-18H2,(H,26,30)/t20-,21-,22-,23+/m1/s1. The fourth-order valence-corrected chi connectivity index (χ4v) is 4.96. The predicted octanol–water partition coefficient (Wildman–Crippen LogP) is 0.665. The number of β-amino-alcohol motifs (C(OH)–C–C–N with tert-alkyl or cyclic N) is 1. The molecule has 3 saturated heterocycles. The molecule has 3 aliphatic heterocycles. The summed E-state index contributed by atoms with van der Waals surface area (Å²) in [7, 11) is 0. The predicted molar refractivity (Wildman–Crippen MR) is 125 cm³/mol. The molecule has 1 aromatic rings. The maximum absolute atomic E-state index is 13.2. The van der Waals surface area contributed by atoms with Crippen molar-refractivity contribution in [3.05, 3.63) is 35.9 Å². The second-order valence-electron chi connectivity index (χ2n) is 9.32. The molecule has 0 saturated carbocycles. The SMILES string of the molecule is O=C(C[C@H]1CC[C@@H]2[C@H](COC[C@H](O)CN2C(=O)c2ccccc2)O1)NCCCN1CCOCC1. The van der Waals surface area contributed by atoms with Gasteiger partial charge in [0.1, 0.15) is 6.10 Å². The van der Waals surface area contributed by atoms with Crippen LogP contribution in [0.1, 0.15) is 36.0 Å². The molecule has 0 spiro atoms. The maximum atomic E-state index is 13.2. The molecule has 0 aliphatic carbocycles. The van der Waals surface area contributed by atoms with Crippen molar-refractivity contribution in [3.63, 3.8) is 0 Å². The zero-order valence-electron chi connectivity index (χ0n) is 19.8. The molecule has 0 aromatic heterocycles. The molecule has 188 valence electrons. The Bertz CT molecular complexity index is 788. The van der Waals surface area contributed by atoms with E-state index in [1.54, 1.807) is 17.0 Å². The van der Waals surface area contributed by atoms with Crippen LogP contribution in [0.2, 0.25) is 0 Å². The lowest BCUT2D eigenvalue weighted by Gasteiger charge is -2.44. The Morgan fingerprint density at radius 1 is 1.06 bits per heavy atom. The van der Waals surface area contributed by atoms with Crippen molar-refractivity contribution < 1.29 is 28.9 Å². The van der Waals surface area contributed by atoms with E-state index in [4.69, 9.17) is 14.2 Å². The molecule has 3 heterocycles. The molecule has 1 aromatic carbocycles. The normalized spacial score (nSPS) is 28.4. The van der Waals surface area contributed by atoms with Crippen molar-refractivity contribution in [1.82, 2.24) is 15.1 Å². The van der Waals surface area contributed by atoms with Gasteiger partial charge in [0.25, 0.3) is 5.91 Å².